The summed E-state index contributed by atoms with van der Waals surface area (Å²) in [6.07, 6.45) is -1.37. The molecule has 1 saturated heterocycles. The van der Waals surface area contributed by atoms with Gasteiger partial charge in [0.15, 0.2) is 0 Å². The lowest BCUT2D eigenvalue weighted by molar-refractivity contribution is 0.0737. The molecule has 1 aromatic rings. The van der Waals surface area contributed by atoms with Gasteiger partial charge in [-0.1, -0.05) is 32.0 Å². The van der Waals surface area contributed by atoms with E-state index >= 15 is 0 Å². The van der Waals surface area contributed by atoms with Crippen molar-refractivity contribution in [3.8, 4) is 5.75 Å². The van der Waals surface area contributed by atoms with Gasteiger partial charge in [0.1, 0.15) is 18.0 Å². The van der Waals surface area contributed by atoms with E-state index < -0.39 is 22.4 Å². The van der Waals surface area contributed by atoms with Crippen molar-refractivity contribution in [2.24, 2.45) is 0 Å². The Hall–Kier alpha value is -1.15. The van der Waals surface area contributed by atoms with Gasteiger partial charge in [-0.25, -0.2) is 0 Å². The van der Waals surface area contributed by atoms with Crippen molar-refractivity contribution in [1.82, 2.24) is 8.61 Å². The third-order valence-electron chi connectivity index (χ3n) is 3.59. The molecule has 0 aliphatic carbocycles. The average Bonchev–Trinajstić information content (AvgIpc) is 2.83. The van der Waals surface area contributed by atoms with Crippen molar-refractivity contribution in [3.05, 3.63) is 30.3 Å². The van der Waals surface area contributed by atoms with Gasteiger partial charge in [-0.05, 0) is 12.1 Å². The lowest BCUT2D eigenvalue weighted by Crippen LogP contribution is -2.43. The lowest BCUT2D eigenvalue weighted by Gasteiger charge is -2.24. The molecule has 0 bridgehead atoms. The maximum Gasteiger partial charge on any atom is 0.282 e. The summed E-state index contributed by atoms with van der Waals surface area (Å²) in [5, 5.41) is 10.1. The van der Waals surface area contributed by atoms with Crippen LogP contribution >= 0.6 is 0 Å². The number of hydrogen-bond acceptors (Lipinski definition) is 4. The van der Waals surface area contributed by atoms with Gasteiger partial charge in [-0.15, -0.1) is 0 Å². The highest BCUT2D eigenvalue weighted by molar-refractivity contribution is 7.86. The predicted octanol–water partition coefficient (Wildman–Crippen LogP) is 0.697. The van der Waals surface area contributed by atoms with Crippen LogP contribution in [0.2, 0.25) is 0 Å². The van der Waals surface area contributed by atoms with Crippen LogP contribution in [0.25, 0.3) is 0 Å². The largest absolute Gasteiger partial charge is 0.486 e. The number of para-hydroxylation sites is 1. The minimum atomic E-state index is -3.53. The molecule has 0 saturated carbocycles. The van der Waals surface area contributed by atoms with Crippen LogP contribution in [-0.2, 0) is 10.2 Å². The fourth-order valence-electron chi connectivity index (χ4n) is 2.41. The third-order valence-corrected chi connectivity index (χ3v) is 5.71. The molecule has 21 heavy (non-hydrogen) atoms. The van der Waals surface area contributed by atoms with Crippen LogP contribution < -0.4 is 4.74 Å². The van der Waals surface area contributed by atoms with Gasteiger partial charge >= 0.3 is 0 Å². The molecular weight excluding hydrogens is 292 g/mol. The molecule has 0 spiro atoms. The van der Waals surface area contributed by atoms with E-state index in [0.717, 1.165) is 0 Å². The Morgan fingerprint density at radius 1 is 1.24 bits per heavy atom. The maximum absolute atomic E-state index is 12.4. The van der Waals surface area contributed by atoms with Gasteiger partial charge in [0, 0.05) is 19.6 Å². The van der Waals surface area contributed by atoms with Crippen LogP contribution in [0.15, 0.2) is 30.3 Å². The Bertz CT molecular complexity index is 545. The third kappa shape index (κ3) is 3.55. The van der Waals surface area contributed by atoms with E-state index in [9.17, 15) is 13.5 Å². The first-order chi connectivity index (χ1) is 9.98. The summed E-state index contributed by atoms with van der Waals surface area (Å²) in [4.78, 5) is 0. The average molecular weight is 314 g/mol. The fraction of sp³-hybridized carbons (Fsp3) is 0.571. The van der Waals surface area contributed by atoms with Gasteiger partial charge in [-0.3, -0.25) is 0 Å². The Labute approximate surface area is 126 Å². The Morgan fingerprint density at radius 2 is 1.86 bits per heavy atom. The SMILES string of the molecule is CCN(CC)S(=O)(=O)N1C[C@@H](O)[C@H](Oc2ccccc2)C1. The summed E-state index contributed by atoms with van der Waals surface area (Å²) in [5.74, 6) is 0.628. The first kappa shape index (κ1) is 16.2. The molecule has 0 radical (unpaired) electrons. The number of nitrogens with zero attached hydrogens (tertiary/aromatic N) is 2. The van der Waals surface area contributed by atoms with Gasteiger partial charge in [0.2, 0.25) is 0 Å². The van der Waals surface area contributed by atoms with Crippen molar-refractivity contribution in [2.45, 2.75) is 26.1 Å². The number of aliphatic hydroxyl groups excluding tert-OH is 1. The minimum absolute atomic E-state index is 0.0658. The molecule has 6 nitrogen and oxygen atoms in total. The van der Waals surface area contributed by atoms with Crippen molar-refractivity contribution < 1.29 is 18.3 Å². The zero-order valence-electron chi connectivity index (χ0n) is 12.3. The molecule has 1 heterocycles. The van der Waals surface area contributed by atoms with E-state index in [0.29, 0.717) is 18.8 Å². The highest BCUT2D eigenvalue weighted by Crippen LogP contribution is 2.22. The Morgan fingerprint density at radius 3 is 2.43 bits per heavy atom. The molecular formula is C14H22N2O4S. The number of aliphatic hydroxyl groups is 1. The normalized spacial score (nSPS) is 23.6. The second kappa shape index (κ2) is 6.74. The Kier molecular flexibility index (Phi) is 5.21. The van der Waals surface area contributed by atoms with Crippen molar-refractivity contribution >= 4 is 10.2 Å². The van der Waals surface area contributed by atoms with Gasteiger partial charge < -0.3 is 9.84 Å². The standard InChI is InChI=1S/C14H22N2O4S/c1-3-15(4-2)21(18,19)16-10-13(17)14(11-16)20-12-8-6-5-7-9-12/h5-9,13-14,17H,3-4,10-11H2,1-2H3/t13-,14-/m1/s1. The van der Waals surface area contributed by atoms with Crippen LogP contribution in [0.3, 0.4) is 0 Å². The van der Waals surface area contributed by atoms with Gasteiger partial charge in [-0.2, -0.15) is 17.0 Å². The zero-order valence-corrected chi connectivity index (χ0v) is 13.2. The molecule has 0 aromatic heterocycles. The maximum atomic E-state index is 12.4. The highest BCUT2D eigenvalue weighted by atomic mass is 32.2. The summed E-state index contributed by atoms with van der Waals surface area (Å²) >= 11 is 0. The summed E-state index contributed by atoms with van der Waals surface area (Å²) in [6.45, 7) is 4.65. The van der Waals surface area contributed by atoms with Crippen LogP contribution in [0.1, 0.15) is 13.8 Å². The Balaban J connectivity index is 2.07. The van der Waals surface area contributed by atoms with Crippen LogP contribution in [-0.4, -0.2) is 60.5 Å². The molecule has 118 valence electrons. The molecule has 7 heteroatoms. The highest BCUT2D eigenvalue weighted by Gasteiger charge is 2.41. The van der Waals surface area contributed by atoms with E-state index in [1.54, 1.807) is 26.0 Å². The smallest absolute Gasteiger partial charge is 0.282 e. The number of benzene rings is 1. The van der Waals surface area contributed by atoms with Gasteiger partial charge in [0.25, 0.3) is 10.2 Å². The molecule has 2 atom stereocenters. The summed E-state index contributed by atoms with van der Waals surface area (Å²) in [7, 11) is -3.53. The summed E-state index contributed by atoms with van der Waals surface area (Å²) < 4.78 is 33.2. The number of ether oxygens (including phenoxy) is 1. The van der Waals surface area contributed by atoms with Crippen molar-refractivity contribution in [1.29, 1.82) is 0 Å². The second-order valence-corrected chi connectivity index (χ2v) is 6.87. The number of β-amino-alcohol motifs (C(OH)–C–C–N with tert-alkyl or cyclic N) is 1. The van der Waals surface area contributed by atoms with E-state index in [1.807, 2.05) is 18.2 Å². The molecule has 1 N–H and O–H groups in total. The fourth-order valence-corrected chi connectivity index (χ4v) is 4.07. The van der Waals surface area contributed by atoms with Crippen molar-refractivity contribution in [3.63, 3.8) is 0 Å². The van der Waals surface area contributed by atoms with Crippen LogP contribution in [0.5, 0.6) is 5.75 Å². The molecule has 1 aliphatic heterocycles. The van der Waals surface area contributed by atoms with E-state index in [-0.39, 0.29) is 13.1 Å². The quantitative estimate of drug-likeness (QED) is 0.839. The lowest BCUT2D eigenvalue weighted by atomic mass is 10.2. The zero-order chi connectivity index (χ0) is 15.5. The van der Waals surface area contributed by atoms with E-state index in [2.05, 4.69) is 0 Å². The summed E-state index contributed by atoms with van der Waals surface area (Å²) in [5.41, 5.74) is 0. The minimum Gasteiger partial charge on any atom is -0.486 e. The first-order valence-corrected chi connectivity index (χ1v) is 8.53. The van der Waals surface area contributed by atoms with Crippen LogP contribution in [0.4, 0.5) is 0 Å². The topological polar surface area (TPSA) is 70.1 Å². The number of rotatable bonds is 6. The summed E-state index contributed by atoms with van der Waals surface area (Å²) in [6, 6.07) is 9.11. The molecule has 1 fully saturated rings. The van der Waals surface area contributed by atoms with Crippen molar-refractivity contribution in [2.75, 3.05) is 26.2 Å². The molecule has 2 rings (SSSR count). The monoisotopic (exact) mass is 314 g/mol. The van der Waals surface area contributed by atoms with E-state index in [4.69, 9.17) is 4.74 Å². The predicted molar refractivity (Wildman–Crippen MR) is 80.3 cm³/mol. The van der Waals surface area contributed by atoms with Crippen LogP contribution in [0, 0.1) is 0 Å². The number of hydrogen-bond donors (Lipinski definition) is 1. The molecule has 0 amide bonds. The van der Waals surface area contributed by atoms with Gasteiger partial charge in [0.05, 0.1) is 6.54 Å². The first-order valence-electron chi connectivity index (χ1n) is 7.14. The second-order valence-electron chi connectivity index (χ2n) is 4.95. The molecule has 0 unspecified atom stereocenters. The molecule has 1 aliphatic rings. The molecule has 1 aromatic carbocycles. The van der Waals surface area contributed by atoms with E-state index in [1.165, 1.54) is 8.61 Å².